The summed E-state index contributed by atoms with van der Waals surface area (Å²) < 4.78 is 10.9. The lowest BCUT2D eigenvalue weighted by molar-refractivity contribution is -0.139. The molecular weight excluding hydrogens is 458 g/mol. The molecule has 0 aromatic heterocycles. The Bertz CT molecular complexity index is 1170. The molecule has 0 spiro atoms. The van der Waals surface area contributed by atoms with Gasteiger partial charge < -0.3 is 19.7 Å². The fourth-order valence-corrected chi connectivity index (χ4v) is 5.05. The van der Waals surface area contributed by atoms with Crippen molar-refractivity contribution >= 4 is 17.8 Å². The van der Waals surface area contributed by atoms with Crippen LogP contribution in [0.5, 0.6) is 11.5 Å². The number of carbonyl (C=O) groups is 3. The van der Waals surface area contributed by atoms with E-state index < -0.39 is 17.5 Å². The van der Waals surface area contributed by atoms with Gasteiger partial charge >= 0.3 is 6.03 Å². The molecule has 36 heavy (non-hydrogen) atoms. The summed E-state index contributed by atoms with van der Waals surface area (Å²) in [7, 11) is 3.18. The molecule has 4 amide bonds. The summed E-state index contributed by atoms with van der Waals surface area (Å²) in [5.41, 5.74) is 1.41. The minimum Gasteiger partial charge on any atom is -0.497 e. The number of nitrogens with one attached hydrogen (secondary N) is 1. The zero-order valence-corrected chi connectivity index (χ0v) is 21.9. The van der Waals surface area contributed by atoms with Crippen molar-refractivity contribution < 1.29 is 23.9 Å². The topological polar surface area (TPSA) is 88.2 Å². The lowest BCUT2D eigenvalue weighted by atomic mass is 9.84. The maximum absolute atomic E-state index is 13.4. The molecule has 2 heterocycles. The smallest absolute Gasteiger partial charge is 0.325 e. The molecule has 2 aliphatic rings. The Kier molecular flexibility index (Phi) is 6.73. The van der Waals surface area contributed by atoms with Gasteiger partial charge in [0, 0.05) is 12.1 Å². The Labute approximate surface area is 212 Å². The normalized spacial score (nSPS) is 22.1. The van der Waals surface area contributed by atoms with Crippen LogP contribution in [-0.2, 0) is 20.5 Å². The van der Waals surface area contributed by atoms with Gasteiger partial charge in [-0.2, -0.15) is 0 Å². The van der Waals surface area contributed by atoms with E-state index in [0.717, 1.165) is 28.9 Å². The van der Waals surface area contributed by atoms with E-state index in [2.05, 4.69) is 26.1 Å². The zero-order chi connectivity index (χ0) is 26.3. The molecule has 2 saturated heterocycles. The van der Waals surface area contributed by atoms with E-state index in [4.69, 9.17) is 9.47 Å². The molecule has 0 aliphatic carbocycles. The molecule has 0 unspecified atom stereocenters. The zero-order valence-electron chi connectivity index (χ0n) is 21.9. The Morgan fingerprint density at radius 3 is 2.39 bits per heavy atom. The predicted octanol–water partition coefficient (Wildman–Crippen LogP) is 4.13. The summed E-state index contributed by atoms with van der Waals surface area (Å²) in [4.78, 5) is 42.5. The van der Waals surface area contributed by atoms with Crippen LogP contribution in [0.4, 0.5) is 4.79 Å². The van der Waals surface area contributed by atoms with Crippen molar-refractivity contribution in [1.29, 1.82) is 0 Å². The van der Waals surface area contributed by atoms with Crippen molar-refractivity contribution in [2.75, 3.05) is 27.3 Å². The Hall–Kier alpha value is -3.55. The van der Waals surface area contributed by atoms with Crippen LogP contribution in [0.25, 0.3) is 0 Å². The van der Waals surface area contributed by atoms with Gasteiger partial charge in [0.15, 0.2) is 0 Å². The van der Waals surface area contributed by atoms with E-state index in [9.17, 15) is 14.4 Å². The fraction of sp³-hybridized carbons (Fsp3) is 0.464. The monoisotopic (exact) mass is 493 g/mol. The van der Waals surface area contributed by atoms with Gasteiger partial charge in [0.1, 0.15) is 23.6 Å². The summed E-state index contributed by atoms with van der Waals surface area (Å²) in [6.07, 6.45) is 1.57. The van der Waals surface area contributed by atoms with E-state index in [1.807, 2.05) is 42.5 Å². The van der Waals surface area contributed by atoms with Gasteiger partial charge in [-0.15, -0.1) is 0 Å². The van der Waals surface area contributed by atoms with Gasteiger partial charge in [-0.25, -0.2) is 4.79 Å². The van der Waals surface area contributed by atoms with Crippen molar-refractivity contribution in [3.8, 4) is 11.5 Å². The minimum absolute atomic E-state index is 0.0292. The molecule has 1 N–H and O–H groups in total. The van der Waals surface area contributed by atoms with Crippen LogP contribution < -0.4 is 14.8 Å². The SMILES string of the molecule is COc1ccc(OC)c([C@@H]2CCCN2C(=O)CN2C(=O)N[C@@](C)(c3ccc(C(C)(C)C)cc3)C2=O)c1. The fourth-order valence-electron chi connectivity index (χ4n) is 5.05. The summed E-state index contributed by atoms with van der Waals surface area (Å²) in [6, 6.07) is 12.4. The molecule has 2 atom stereocenters. The first-order valence-electron chi connectivity index (χ1n) is 12.3. The van der Waals surface area contributed by atoms with Gasteiger partial charge in [0.2, 0.25) is 5.91 Å². The number of amides is 4. The van der Waals surface area contributed by atoms with Gasteiger partial charge in [0.05, 0.1) is 20.3 Å². The Morgan fingerprint density at radius 2 is 1.78 bits per heavy atom. The number of likely N-dealkylation sites (tertiary alicyclic amines) is 1. The third-order valence-electron chi connectivity index (χ3n) is 7.27. The number of methoxy groups -OCH3 is 2. The lowest BCUT2D eigenvalue weighted by Crippen LogP contribution is -2.44. The first-order valence-corrected chi connectivity index (χ1v) is 12.3. The van der Waals surface area contributed by atoms with E-state index in [-0.39, 0.29) is 23.9 Å². The Balaban J connectivity index is 1.54. The standard InChI is InChI=1S/C28H35N3O5/c1-27(2,3)18-9-11-19(12-10-18)28(4)25(33)31(26(34)29-28)17-24(32)30-15-7-8-22(30)21-16-20(35-5)13-14-23(21)36-6/h9-14,16,22H,7-8,15,17H2,1-6H3,(H,29,34)/t22-,28-/m0/s1. The third kappa shape index (κ3) is 4.52. The molecule has 4 rings (SSSR count). The number of nitrogens with zero attached hydrogens (tertiary/aromatic N) is 2. The number of hydrogen-bond donors (Lipinski definition) is 1. The number of imide groups is 1. The van der Waals surface area contributed by atoms with Crippen LogP contribution in [0.15, 0.2) is 42.5 Å². The van der Waals surface area contributed by atoms with E-state index >= 15 is 0 Å². The van der Waals surface area contributed by atoms with Gasteiger partial charge in [-0.05, 0) is 54.5 Å². The second-order valence-electron chi connectivity index (χ2n) is 10.6. The largest absolute Gasteiger partial charge is 0.497 e. The molecule has 2 fully saturated rings. The minimum atomic E-state index is -1.23. The highest BCUT2D eigenvalue weighted by Crippen LogP contribution is 2.39. The maximum Gasteiger partial charge on any atom is 0.325 e. The van der Waals surface area contributed by atoms with E-state index in [0.29, 0.717) is 23.6 Å². The summed E-state index contributed by atoms with van der Waals surface area (Å²) >= 11 is 0. The van der Waals surface area contributed by atoms with Gasteiger partial charge in [0.25, 0.3) is 5.91 Å². The molecule has 0 bridgehead atoms. The van der Waals surface area contributed by atoms with Crippen LogP contribution in [0.3, 0.4) is 0 Å². The Morgan fingerprint density at radius 1 is 1.08 bits per heavy atom. The summed E-state index contributed by atoms with van der Waals surface area (Å²) in [6.45, 7) is 8.26. The number of rotatable bonds is 6. The molecule has 2 aromatic carbocycles. The average molecular weight is 494 g/mol. The highest BCUT2D eigenvalue weighted by Gasteiger charge is 2.50. The van der Waals surface area contributed by atoms with Crippen molar-refractivity contribution in [1.82, 2.24) is 15.1 Å². The average Bonchev–Trinajstić information content (AvgIpc) is 3.43. The number of hydrogen-bond acceptors (Lipinski definition) is 5. The molecular formula is C28H35N3O5. The van der Waals surface area contributed by atoms with Crippen molar-refractivity contribution in [2.45, 2.75) is 57.5 Å². The molecule has 8 heteroatoms. The molecule has 8 nitrogen and oxygen atoms in total. The van der Waals surface area contributed by atoms with Gasteiger partial charge in [-0.3, -0.25) is 14.5 Å². The van der Waals surface area contributed by atoms with Crippen molar-refractivity contribution in [2.24, 2.45) is 0 Å². The molecule has 192 valence electrons. The van der Waals surface area contributed by atoms with Crippen LogP contribution in [-0.4, -0.2) is 55.0 Å². The van der Waals surface area contributed by atoms with Crippen LogP contribution in [0, 0.1) is 0 Å². The van der Waals surface area contributed by atoms with Crippen molar-refractivity contribution in [3.05, 3.63) is 59.2 Å². The predicted molar refractivity (Wildman–Crippen MR) is 136 cm³/mol. The summed E-state index contributed by atoms with van der Waals surface area (Å²) in [5.74, 6) is 0.631. The highest BCUT2D eigenvalue weighted by atomic mass is 16.5. The highest BCUT2D eigenvalue weighted by molar-refractivity contribution is 6.09. The lowest BCUT2D eigenvalue weighted by Gasteiger charge is -2.28. The van der Waals surface area contributed by atoms with Crippen LogP contribution in [0.2, 0.25) is 0 Å². The van der Waals surface area contributed by atoms with Crippen LogP contribution in [0.1, 0.15) is 63.3 Å². The first kappa shape index (κ1) is 25.5. The van der Waals surface area contributed by atoms with E-state index in [1.165, 1.54) is 0 Å². The van der Waals surface area contributed by atoms with Gasteiger partial charge in [-0.1, -0.05) is 45.0 Å². The summed E-state index contributed by atoms with van der Waals surface area (Å²) in [5, 5.41) is 2.81. The first-order chi connectivity index (χ1) is 17.0. The number of carbonyl (C=O) groups excluding carboxylic acids is 3. The molecule has 0 radical (unpaired) electrons. The number of ether oxygens (including phenoxy) is 2. The molecule has 2 aliphatic heterocycles. The molecule has 0 saturated carbocycles. The number of benzene rings is 2. The second-order valence-corrected chi connectivity index (χ2v) is 10.6. The molecule has 2 aromatic rings. The van der Waals surface area contributed by atoms with E-state index in [1.54, 1.807) is 26.0 Å². The quantitative estimate of drug-likeness (QED) is 0.612. The number of urea groups is 1. The second kappa shape index (κ2) is 9.48. The van der Waals surface area contributed by atoms with Crippen molar-refractivity contribution in [3.63, 3.8) is 0 Å². The maximum atomic E-state index is 13.4. The third-order valence-corrected chi connectivity index (χ3v) is 7.27. The van der Waals surface area contributed by atoms with Crippen LogP contribution >= 0.6 is 0 Å².